The van der Waals surface area contributed by atoms with E-state index in [-0.39, 0.29) is 0 Å². The Labute approximate surface area is 121 Å². The van der Waals surface area contributed by atoms with Gasteiger partial charge in [-0.2, -0.15) is 0 Å². The molecule has 100 valence electrons. The molecule has 0 fully saturated rings. The third kappa shape index (κ3) is 2.77. The number of methoxy groups -OCH3 is 1. The number of primary amides is 1. The molecular weight excluding hydrogens is 345 g/mol. The number of ether oxygens (including phenoxy) is 2. The summed E-state index contributed by atoms with van der Waals surface area (Å²) < 4.78 is 11.9. The van der Waals surface area contributed by atoms with E-state index in [1.165, 1.54) is 0 Å². The zero-order chi connectivity index (χ0) is 14.0. The highest BCUT2D eigenvalue weighted by Gasteiger charge is 2.46. The van der Waals surface area contributed by atoms with Crippen LogP contribution < -0.4 is 5.73 Å². The van der Waals surface area contributed by atoms with Gasteiger partial charge in [0.25, 0.3) is 0 Å². The number of rotatable bonds is 4. The van der Waals surface area contributed by atoms with Crippen LogP contribution in [0.3, 0.4) is 0 Å². The summed E-state index contributed by atoms with van der Waals surface area (Å²) in [4.78, 5) is 11.0. The van der Waals surface area contributed by atoms with Gasteiger partial charge in [0.1, 0.15) is 11.2 Å². The fraction of sp³-hybridized carbons (Fsp3) is 0.462. The number of hydrogen-bond donors (Lipinski definition) is 1. The molecule has 0 heterocycles. The second-order valence-corrected chi connectivity index (χ2v) is 5.81. The van der Waals surface area contributed by atoms with Gasteiger partial charge < -0.3 is 15.2 Å². The van der Waals surface area contributed by atoms with Gasteiger partial charge in [0.15, 0.2) is 0 Å². The molecule has 0 bridgehead atoms. The van der Waals surface area contributed by atoms with Crippen molar-refractivity contribution in [1.29, 1.82) is 0 Å². The van der Waals surface area contributed by atoms with Gasteiger partial charge in [-0.05, 0) is 49.4 Å². The van der Waals surface area contributed by atoms with Crippen molar-refractivity contribution in [3.05, 3.63) is 33.4 Å². The molecule has 0 aliphatic rings. The molecule has 0 spiro atoms. The van der Waals surface area contributed by atoms with Crippen LogP contribution in [0.4, 0.5) is 4.79 Å². The van der Waals surface area contributed by atoms with Crippen molar-refractivity contribution in [3.8, 4) is 0 Å². The zero-order valence-corrected chi connectivity index (χ0v) is 13.1. The highest BCUT2D eigenvalue weighted by atomic mass is 127. The van der Waals surface area contributed by atoms with Gasteiger partial charge in [0, 0.05) is 16.2 Å². The van der Waals surface area contributed by atoms with Crippen LogP contribution in [0.15, 0.2) is 24.3 Å². The molecule has 0 aliphatic carbocycles. The largest absolute Gasteiger partial charge is 0.440 e. The standard InChI is InChI=1S/C13H18INO3/c1-12(2,18-11(15)16)13(3,17-4)9-7-5-6-8-10(9)14/h5-8H,1-4H3,(H2,15,16)/t13-/m0/s1. The van der Waals surface area contributed by atoms with Gasteiger partial charge in [0.2, 0.25) is 0 Å². The summed E-state index contributed by atoms with van der Waals surface area (Å²) in [6.45, 7) is 5.45. The van der Waals surface area contributed by atoms with Crippen LogP contribution in [-0.2, 0) is 15.1 Å². The molecule has 2 N–H and O–H groups in total. The SMILES string of the molecule is CO[C@@](C)(c1ccccc1I)C(C)(C)OC(N)=O. The number of benzene rings is 1. The summed E-state index contributed by atoms with van der Waals surface area (Å²) >= 11 is 2.23. The van der Waals surface area contributed by atoms with Crippen molar-refractivity contribution in [2.75, 3.05) is 7.11 Å². The van der Waals surface area contributed by atoms with Crippen LogP contribution in [0.25, 0.3) is 0 Å². The van der Waals surface area contributed by atoms with E-state index in [4.69, 9.17) is 15.2 Å². The topological polar surface area (TPSA) is 61.6 Å². The van der Waals surface area contributed by atoms with Crippen molar-refractivity contribution in [3.63, 3.8) is 0 Å². The molecule has 0 aromatic heterocycles. The Morgan fingerprint density at radius 3 is 2.28 bits per heavy atom. The van der Waals surface area contributed by atoms with Gasteiger partial charge in [-0.25, -0.2) is 4.79 Å². The summed E-state index contributed by atoms with van der Waals surface area (Å²) in [7, 11) is 1.59. The number of nitrogens with two attached hydrogens (primary N) is 1. The first-order valence-electron chi connectivity index (χ1n) is 5.53. The van der Waals surface area contributed by atoms with Crippen molar-refractivity contribution >= 4 is 28.7 Å². The molecule has 4 nitrogen and oxygen atoms in total. The lowest BCUT2D eigenvalue weighted by Crippen LogP contribution is -2.51. The second kappa shape index (κ2) is 5.44. The fourth-order valence-electron chi connectivity index (χ4n) is 1.88. The zero-order valence-electron chi connectivity index (χ0n) is 11.0. The fourth-order valence-corrected chi connectivity index (χ4v) is 2.78. The Kier molecular flexibility index (Phi) is 4.61. The van der Waals surface area contributed by atoms with Crippen LogP contribution in [0.2, 0.25) is 0 Å². The highest BCUT2D eigenvalue weighted by molar-refractivity contribution is 14.1. The number of amides is 1. The third-order valence-corrected chi connectivity index (χ3v) is 4.24. The lowest BCUT2D eigenvalue weighted by Gasteiger charge is -2.42. The quantitative estimate of drug-likeness (QED) is 0.837. The average molecular weight is 363 g/mol. The Morgan fingerprint density at radius 1 is 1.28 bits per heavy atom. The average Bonchev–Trinajstić information content (AvgIpc) is 2.26. The van der Waals surface area contributed by atoms with Crippen molar-refractivity contribution < 1.29 is 14.3 Å². The molecule has 1 aromatic carbocycles. The third-order valence-electron chi connectivity index (χ3n) is 3.30. The van der Waals surface area contributed by atoms with Gasteiger partial charge in [-0.1, -0.05) is 18.2 Å². The summed E-state index contributed by atoms with van der Waals surface area (Å²) in [6, 6.07) is 7.81. The minimum absolute atomic E-state index is 0.778. The van der Waals surface area contributed by atoms with Gasteiger partial charge in [-0.3, -0.25) is 0 Å². The van der Waals surface area contributed by atoms with Crippen molar-refractivity contribution in [1.82, 2.24) is 0 Å². The molecule has 0 radical (unpaired) electrons. The van der Waals surface area contributed by atoms with Crippen molar-refractivity contribution in [2.45, 2.75) is 32.0 Å². The molecule has 0 unspecified atom stereocenters. The monoisotopic (exact) mass is 363 g/mol. The molecule has 1 atom stereocenters. The highest BCUT2D eigenvalue weighted by Crippen LogP contribution is 2.40. The Balaban J connectivity index is 3.29. The summed E-state index contributed by atoms with van der Waals surface area (Å²) in [5.74, 6) is 0. The molecule has 0 saturated heterocycles. The maximum absolute atomic E-state index is 11.0. The Hall–Kier alpha value is -0.820. The van der Waals surface area contributed by atoms with Crippen molar-refractivity contribution in [2.24, 2.45) is 5.73 Å². The van der Waals surface area contributed by atoms with Crippen LogP contribution in [0.1, 0.15) is 26.3 Å². The predicted molar refractivity (Wildman–Crippen MR) is 78.3 cm³/mol. The number of hydrogen-bond acceptors (Lipinski definition) is 3. The van der Waals surface area contributed by atoms with E-state index in [0.29, 0.717) is 0 Å². The molecule has 1 amide bonds. The van der Waals surface area contributed by atoms with E-state index >= 15 is 0 Å². The van der Waals surface area contributed by atoms with Crippen LogP contribution >= 0.6 is 22.6 Å². The molecule has 0 saturated carbocycles. The van der Waals surface area contributed by atoms with Crippen LogP contribution in [-0.4, -0.2) is 18.8 Å². The van der Waals surface area contributed by atoms with E-state index in [1.54, 1.807) is 21.0 Å². The van der Waals surface area contributed by atoms with Gasteiger partial charge in [-0.15, -0.1) is 0 Å². The number of carbonyl (C=O) groups is 1. The van der Waals surface area contributed by atoms with E-state index in [9.17, 15) is 4.79 Å². The van der Waals surface area contributed by atoms with Crippen LogP contribution in [0, 0.1) is 3.57 Å². The number of carbonyl (C=O) groups excluding carboxylic acids is 1. The summed E-state index contributed by atoms with van der Waals surface area (Å²) in [5, 5.41) is 0. The summed E-state index contributed by atoms with van der Waals surface area (Å²) in [6.07, 6.45) is -0.811. The van der Waals surface area contributed by atoms with E-state index in [2.05, 4.69) is 22.6 Å². The maximum Gasteiger partial charge on any atom is 0.405 e. The first kappa shape index (κ1) is 15.2. The lowest BCUT2D eigenvalue weighted by molar-refractivity contribution is -0.147. The predicted octanol–water partition coefficient (Wildman–Crippen LogP) is 3.03. The first-order chi connectivity index (χ1) is 8.24. The first-order valence-corrected chi connectivity index (χ1v) is 6.61. The Morgan fingerprint density at radius 2 is 1.83 bits per heavy atom. The van der Waals surface area contributed by atoms with Crippen LogP contribution in [0.5, 0.6) is 0 Å². The van der Waals surface area contributed by atoms with Gasteiger partial charge in [0.05, 0.1) is 0 Å². The Bertz CT molecular complexity index is 448. The van der Waals surface area contributed by atoms with E-state index < -0.39 is 17.3 Å². The molecular formula is C13H18INO3. The summed E-state index contributed by atoms with van der Waals surface area (Å²) in [5.41, 5.74) is 4.43. The molecule has 1 aromatic rings. The smallest absolute Gasteiger partial charge is 0.405 e. The minimum Gasteiger partial charge on any atom is -0.440 e. The molecule has 1 rings (SSSR count). The number of halogens is 1. The van der Waals surface area contributed by atoms with Gasteiger partial charge >= 0.3 is 6.09 Å². The van der Waals surface area contributed by atoms with E-state index in [1.807, 2.05) is 31.2 Å². The normalized spacial score (nSPS) is 14.9. The lowest BCUT2D eigenvalue weighted by atomic mass is 9.81. The minimum atomic E-state index is -0.880. The second-order valence-electron chi connectivity index (χ2n) is 4.65. The molecule has 0 aliphatic heterocycles. The molecule has 5 heteroatoms. The molecule has 18 heavy (non-hydrogen) atoms. The van der Waals surface area contributed by atoms with E-state index in [0.717, 1.165) is 9.13 Å². The maximum atomic E-state index is 11.0.